The smallest absolute Gasteiger partial charge is 0.271 e. The summed E-state index contributed by atoms with van der Waals surface area (Å²) in [4.78, 5) is 24.6. The highest BCUT2D eigenvalue weighted by Crippen LogP contribution is 2.24. The largest absolute Gasteiger partial charge is 0.321 e. The minimum atomic E-state index is -3.13. The van der Waals surface area contributed by atoms with Crippen molar-refractivity contribution >= 4 is 49.0 Å². The van der Waals surface area contributed by atoms with Crippen molar-refractivity contribution in [2.24, 2.45) is 5.10 Å². The van der Waals surface area contributed by atoms with Gasteiger partial charge in [-0.2, -0.15) is 5.10 Å². The lowest BCUT2D eigenvalue weighted by Gasteiger charge is -2.27. The van der Waals surface area contributed by atoms with E-state index in [1.165, 1.54) is 5.01 Å². The number of hydrazone groups is 1. The van der Waals surface area contributed by atoms with Crippen LogP contribution in [0.4, 0.5) is 5.69 Å². The quantitative estimate of drug-likeness (QED) is 0.795. The van der Waals surface area contributed by atoms with E-state index >= 15 is 0 Å². The molecule has 1 aromatic carbocycles. The minimum absolute atomic E-state index is 0.0513. The maximum atomic E-state index is 12.5. The van der Waals surface area contributed by atoms with Crippen LogP contribution >= 0.6 is 15.9 Å². The molecule has 1 atom stereocenters. The van der Waals surface area contributed by atoms with Crippen LogP contribution in [-0.2, 0) is 19.4 Å². The van der Waals surface area contributed by atoms with E-state index in [0.29, 0.717) is 12.1 Å². The number of amides is 2. The summed E-state index contributed by atoms with van der Waals surface area (Å²) in [6, 6.07) is 5.07. The van der Waals surface area contributed by atoms with Crippen molar-refractivity contribution in [1.29, 1.82) is 0 Å². The zero-order valence-corrected chi connectivity index (χ0v) is 16.1. The summed E-state index contributed by atoms with van der Waals surface area (Å²) in [6.45, 7) is 1.88. The Bertz CT molecular complexity index is 866. The molecule has 0 unspecified atom stereocenters. The summed E-state index contributed by atoms with van der Waals surface area (Å²) in [5, 5.41) is 8.17. The molecule has 25 heavy (non-hydrogen) atoms. The molecule has 1 saturated heterocycles. The van der Waals surface area contributed by atoms with E-state index in [4.69, 9.17) is 0 Å². The monoisotopic (exact) mass is 427 g/mol. The van der Waals surface area contributed by atoms with Crippen molar-refractivity contribution in [3.05, 3.63) is 28.2 Å². The number of carbonyl (C=O) groups excluding carboxylic acids is 2. The second-order valence-corrected chi connectivity index (χ2v) is 9.40. The summed E-state index contributed by atoms with van der Waals surface area (Å²) in [5.74, 6) is -0.658. The second-order valence-electron chi connectivity index (χ2n) is 6.26. The van der Waals surface area contributed by atoms with Crippen molar-refractivity contribution in [3.8, 4) is 0 Å². The molecule has 0 radical (unpaired) electrons. The molecule has 0 saturated carbocycles. The summed E-state index contributed by atoms with van der Waals surface area (Å²) < 4.78 is 24.1. The van der Waals surface area contributed by atoms with Crippen molar-refractivity contribution in [1.82, 2.24) is 5.01 Å². The molecule has 0 aliphatic carbocycles. The predicted octanol–water partition coefficient (Wildman–Crippen LogP) is 1.86. The molecule has 0 bridgehead atoms. The molecule has 0 spiro atoms. The molecule has 1 fully saturated rings. The maximum Gasteiger partial charge on any atom is 0.271 e. The van der Waals surface area contributed by atoms with Gasteiger partial charge in [0, 0.05) is 23.0 Å². The van der Waals surface area contributed by atoms with Gasteiger partial charge in [-0.05, 0) is 31.0 Å². The van der Waals surface area contributed by atoms with Crippen LogP contribution in [-0.4, -0.2) is 48.5 Å². The van der Waals surface area contributed by atoms with Crippen LogP contribution in [0.1, 0.15) is 24.8 Å². The van der Waals surface area contributed by atoms with Crippen LogP contribution in [0, 0.1) is 6.92 Å². The Hall–Kier alpha value is -1.74. The number of nitrogens with one attached hydrogen (secondary N) is 1. The fourth-order valence-electron chi connectivity index (χ4n) is 2.91. The number of benzene rings is 1. The number of sulfone groups is 1. The SMILES string of the molecule is Cc1ccc(Br)cc1NC(=O)C1=NN([C@H]2CCS(=O)(=O)C2)C(=O)CC1. The van der Waals surface area contributed by atoms with Crippen molar-refractivity contribution in [2.45, 2.75) is 32.2 Å². The third-order valence-corrected chi connectivity index (χ3v) is 6.57. The molecule has 2 aliphatic heterocycles. The van der Waals surface area contributed by atoms with Crippen molar-refractivity contribution in [2.75, 3.05) is 16.8 Å². The number of hydrogen-bond donors (Lipinski definition) is 1. The van der Waals surface area contributed by atoms with Gasteiger partial charge in [-0.3, -0.25) is 9.59 Å². The Balaban J connectivity index is 1.79. The van der Waals surface area contributed by atoms with Gasteiger partial charge in [0.2, 0.25) is 5.91 Å². The van der Waals surface area contributed by atoms with E-state index in [-0.39, 0.29) is 41.9 Å². The van der Waals surface area contributed by atoms with Crippen LogP contribution in [0.3, 0.4) is 0 Å². The van der Waals surface area contributed by atoms with Crippen LogP contribution < -0.4 is 5.32 Å². The number of rotatable bonds is 3. The molecule has 9 heteroatoms. The number of carbonyl (C=O) groups is 2. The lowest BCUT2D eigenvalue weighted by molar-refractivity contribution is -0.133. The van der Waals surface area contributed by atoms with E-state index in [1.54, 1.807) is 6.07 Å². The zero-order chi connectivity index (χ0) is 18.2. The van der Waals surface area contributed by atoms with Gasteiger partial charge in [0.05, 0.1) is 17.5 Å². The Labute approximate surface area is 154 Å². The van der Waals surface area contributed by atoms with Gasteiger partial charge >= 0.3 is 0 Å². The van der Waals surface area contributed by atoms with Crippen LogP contribution in [0.25, 0.3) is 0 Å². The fourth-order valence-corrected chi connectivity index (χ4v) is 4.96. The molecule has 2 heterocycles. The number of anilines is 1. The summed E-state index contributed by atoms with van der Waals surface area (Å²) in [6.07, 6.45) is 0.755. The van der Waals surface area contributed by atoms with Gasteiger partial charge in [0.25, 0.3) is 5.91 Å². The fraction of sp³-hybridized carbons (Fsp3) is 0.438. The van der Waals surface area contributed by atoms with Gasteiger partial charge < -0.3 is 5.32 Å². The molecular weight excluding hydrogens is 410 g/mol. The molecule has 3 rings (SSSR count). The van der Waals surface area contributed by atoms with E-state index < -0.39 is 15.9 Å². The van der Waals surface area contributed by atoms with E-state index in [1.807, 2.05) is 19.1 Å². The third-order valence-electron chi connectivity index (χ3n) is 4.32. The van der Waals surface area contributed by atoms with Crippen molar-refractivity contribution in [3.63, 3.8) is 0 Å². The van der Waals surface area contributed by atoms with Crippen molar-refractivity contribution < 1.29 is 18.0 Å². The standard InChI is InChI=1S/C16H18BrN3O4S/c1-10-2-3-11(17)8-14(10)18-16(22)13-4-5-15(21)20(19-13)12-6-7-25(23,24)9-12/h2-3,8,12H,4-7,9H2,1H3,(H,18,22)/t12-/m0/s1. The topological polar surface area (TPSA) is 95.9 Å². The average molecular weight is 428 g/mol. The molecule has 1 aromatic rings. The zero-order valence-electron chi connectivity index (χ0n) is 13.7. The summed E-state index contributed by atoms with van der Waals surface area (Å²) in [5.41, 5.74) is 1.81. The minimum Gasteiger partial charge on any atom is -0.321 e. The number of halogens is 1. The summed E-state index contributed by atoms with van der Waals surface area (Å²) in [7, 11) is -3.13. The van der Waals surface area contributed by atoms with E-state index in [9.17, 15) is 18.0 Å². The highest BCUT2D eigenvalue weighted by Gasteiger charge is 2.37. The number of hydrogen-bond acceptors (Lipinski definition) is 5. The Morgan fingerprint density at radius 2 is 2.12 bits per heavy atom. The Morgan fingerprint density at radius 3 is 2.80 bits per heavy atom. The highest BCUT2D eigenvalue weighted by molar-refractivity contribution is 9.10. The van der Waals surface area contributed by atoms with Gasteiger partial charge in [-0.25, -0.2) is 13.4 Å². The highest BCUT2D eigenvalue weighted by atomic mass is 79.9. The average Bonchev–Trinajstić information content (AvgIpc) is 2.91. The Morgan fingerprint density at radius 1 is 1.36 bits per heavy atom. The van der Waals surface area contributed by atoms with E-state index in [0.717, 1.165) is 10.0 Å². The lowest BCUT2D eigenvalue weighted by Crippen LogP contribution is -2.42. The van der Waals surface area contributed by atoms with Crippen LogP contribution in [0.2, 0.25) is 0 Å². The first-order chi connectivity index (χ1) is 11.7. The first-order valence-corrected chi connectivity index (χ1v) is 10.5. The van der Waals surface area contributed by atoms with Gasteiger partial charge in [-0.1, -0.05) is 22.0 Å². The molecule has 0 aromatic heterocycles. The normalized spacial score (nSPS) is 22.6. The van der Waals surface area contributed by atoms with Gasteiger partial charge in [0.1, 0.15) is 5.71 Å². The second kappa shape index (κ2) is 6.87. The Kier molecular flexibility index (Phi) is 4.97. The van der Waals surface area contributed by atoms with Crippen LogP contribution in [0.5, 0.6) is 0 Å². The predicted molar refractivity (Wildman–Crippen MR) is 98.1 cm³/mol. The van der Waals surface area contributed by atoms with Crippen LogP contribution in [0.15, 0.2) is 27.8 Å². The number of nitrogens with zero attached hydrogens (tertiary/aromatic N) is 2. The maximum absolute atomic E-state index is 12.5. The molecule has 2 amide bonds. The number of aryl methyl sites for hydroxylation is 1. The molecule has 1 N–H and O–H groups in total. The molecule has 134 valence electrons. The molecule has 7 nitrogen and oxygen atoms in total. The molecular formula is C16H18BrN3O4S. The van der Waals surface area contributed by atoms with Gasteiger partial charge in [0.15, 0.2) is 9.84 Å². The first kappa shape index (κ1) is 18.1. The summed E-state index contributed by atoms with van der Waals surface area (Å²) >= 11 is 3.36. The lowest BCUT2D eigenvalue weighted by atomic mass is 10.1. The first-order valence-electron chi connectivity index (χ1n) is 7.92. The molecule has 2 aliphatic rings. The third kappa shape index (κ3) is 4.09. The van der Waals surface area contributed by atoms with Gasteiger partial charge in [-0.15, -0.1) is 0 Å². The van der Waals surface area contributed by atoms with E-state index in [2.05, 4.69) is 26.3 Å².